The molecule has 0 aliphatic rings. The third-order valence-corrected chi connectivity index (χ3v) is 4.36. The third-order valence-electron chi connectivity index (χ3n) is 3.28. The highest BCUT2D eigenvalue weighted by Crippen LogP contribution is 2.28. The lowest BCUT2D eigenvalue weighted by Gasteiger charge is -2.10. The molecule has 128 valence electrons. The molecule has 0 aliphatic heterocycles. The van der Waals surface area contributed by atoms with E-state index in [-0.39, 0.29) is 0 Å². The fourth-order valence-corrected chi connectivity index (χ4v) is 3.05. The Balaban J connectivity index is 1.95. The van der Waals surface area contributed by atoms with Gasteiger partial charge in [-0.2, -0.15) is 0 Å². The Morgan fingerprint density at radius 1 is 1.00 bits per heavy atom. The van der Waals surface area contributed by atoms with Gasteiger partial charge in [-0.05, 0) is 36.4 Å². The molecule has 0 spiro atoms. The van der Waals surface area contributed by atoms with Crippen LogP contribution in [0.4, 0.5) is 0 Å². The topological polar surface area (TPSA) is 39.4 Å². The van der Waals surface area contributed by atoms with Gasteiger partial charge < -0.3 is 9.40 Å². The summed E-state index contributed by atoms with van der Waals surface area (Å²) in [5.41, 5.74) is 1.29. The maximum Gasteiger partial charge on any atom is 0.176 e. The smallest absolute Gasteiger partial charge is 0.176 e. The zero-order valence-electron chi connectivity index (χ0n) is 12.7. The Morgan fingerprint density at radius 3 is 2.36 bits per heavy atom. The van der Waals surface area contributed by atoms with Crippen molar-refractivity contribution in [3.8, 4) is 5.75 Å². The molecule has 1 heterocycles. The van der Waals surface area contributed by atoms with Crippen LogP contribution < -0.4 is 4.84 Å². The maximum atomic E-state index is 6.31. The van der Waals surface area contributed by atoms with Gasteiger partial charge in [0.25, 0.3) is 0 Å². The van der Waals surface area contributed by atoms with Gasteiger partial charge in [-0.25, -0.2) is 4.98 Å². The van der Waals surface area contributed by atoms with Gasteiger partial charge >= 0.3 is 0 Å². The minimum absolute atomic E-state index is 0.362. The van der Waals surface area contributed by atoms with E-state index < -0.39 is 0 Å². The fourth-order valence-electron chi connectivity index (χ4n) is 2.09. The Labute approximate surface area is 164 Å². The highest BCUT2D eigenvalue weighted by Gasteiger charge is 2.12. The van der Waals surface area contributed by atoms with E-state index in [1.54, 1.807) is 48.9 Å². The largest absolute Gasteiger partial charge is 0.355 e. The number of imidazole rings is 1. The first-order valence-electron chi connectivity index (χ1n) is 7.13. The Kier molecular flexibility index (Phi) is 5.86. The normalized spacial score (nSPS) is 11.6. The molecule has 8 heteroatoms. The summed E-state index contributed by atoms with van der Waals surface area (Å²) in [5.74, 6) is 0.388. The van der Waals surface area contributed by atoms with Gasteiger partial charge in [0.15, 0.2) is 5.75 Å². The van der Waals surface area contributed by atoms with E-state index in [9.17, 15) is 0 Å². The van der Waals surface area contributed by atoms with Gasteiger partial charge in [0.05, 0.1) is 22.9 Å². The minimum atomic E-state index is 0.362. The molecule has 3 rings (SSSR count). The molecule has 25 heavy (non-hydrogen) atoms. The first kappa shape index (κ1) is 18.1. The summed E-state index contributed by atoms with van der Waals surface area (Å²) in [4.78, 5) is 9.54. The summed E-state index contributed by atoms with van der Waals surface area (Å²) >= 11 is 24.3. The van der Waals surface area contributed by atoms with Crippen LogP contribution in [0.1, 0.15) is 5.56 Å². The van der Waals surface area contributed by atoms with Crippen LogP contribution in [0.3, 0.4) is 0 Å². The van der Waals surface area contributed by atoms with E-state index in [1.807, 2.05) is 10.8 Å². The van der Waals surface area contributed by atoms with Crippen molar-refractivity contribution in [2.45, 2.75) is 6.54 Å². The summed E-state index contributed by atoms with van der Waals surface area (Å²) in [7, 11) is 0. The second-order valence-electron chi connectivity index (χ2n) is 5.06. The molecule has 0 saturated heterocycles. The van der Waals surface area contributed by atoms with Crippen molar-refractivity contribution < 1.29 is 4.84 Å². The predicted octanol–water partition coefficient (Wildman–Crippen LogP) is 5.98. The molecule has 0 atom stereocenters. The van der Waals surface area contributed by atoms with Crippen LogP contribution >= 0.6 is 46.4 Å². The number of nitrogens with zero attached hydrogens (tertiary/aromatic N) is 3. The van der Waals surface area contributed by atoms with Gasteiger partial charge in [-0.3, -0.25) is 0 Å². The van der Waals surface area contributed by atoms with Gasteiger partial charge in [0.1, 0.15) is 5.71 Å². The van der Waals surface area contributed by atoms with Crippen molar-refractivity contribution in [3.05, 3.63) is 80.8 Å². The standard InChI is InChI=1S/C17H11Cl4N3O/c18-11-1-3-13(14(20)7-11)16(9-24-6-5-22-10-24)23-25-17-4-2-12(19)8-15(17)21/h1-8,10H,9H2. The monoisotopic (exact) mass is 413 g/mol. The molecule has 0 N–H and O–H groups in total. The third kappa shape index (κ3) is 4.67. The number of aromatic nitrogens is 2. The van der Waals surface area contributed by atoms with E-state index in [0.29, 0.717) is 43.7 Å². The van der Waals surface area contributed by atoms with Crippen LogP contribution in [-0.4, -0.2) is 15.3 Å². The summed E-state index contributed by atoms with van der Waals surface area (Å²) in [6.45, 7) is 0.409. The lowest BCUT2D eigenvalue weighted by molar-refractivity contribution is 0.340. The number of benzene rings is 2. The molecule has 1 aromatic heterocycles. The van der Waals surface area contributed by atoms with Gasteiger partial charge in [0.2, 0.25) is 0 Å². The van der Waals surface area contributed by atoms with Crippen molar-refractivity contribution in [1.82, 2.24) is 9.55 Å². The molecular weight excluding hydrogens is 404 g/mol. The number of halogens is 4. The minimum Gasteiger partial charge on any atom is -0.355 e. The molecule has 3 aromatic rings. The van der Waals surface area contributed by atoms with Crippen LogP contribution in [0.25, 0.3) is 0 Å². The summed E-state index contributed by atoms with van der Waals surface area (Å²) in [6.07, 6.45) is 5.17. The van der Waals surface area contributed by atoms with Crippen molar-refractivity contribution >= 4 is 52.1 Å². The van der Waals surface area contributed by atoms with Crippen LogP contribution in [0.15, 0.2) is 60.3 Å². The summed E-state index contributed by atoms with van der Waals surface area (Å²) < 4.78 is 1.84. The number of hydrogen-bond acceptors (Lipinski definition) is 3. The average molecular weight is 415 g/mol. The Morgan fingerprint density at radius 2 is 1.72 bits per heavy atom. The lowest BCUT2D eigenvalue weighted by Crippen LogP contribution is -2.12. The number of hydrogen-bond donors (Lipinski definition) is 0. The van der Waals surface area contributed by atoms with Crippen LogP contribution in [0.2, 0.25) is 20.1 Å². The Bertz CT molecular complexity index is 910. The fraction of sp³-hybridized carbons (Fsp3) is 0.0588. The molecule has 0 radical (unpaired) electrons. The first-order valence-corrected chi connectivity index (χ1v) is 8.64. The lowest BCUT2D eigenvalue weighted by atomic mass is 10.1. The van der Waals surface area contributed by atoms with Crippen molar-refractivity contribution in [2.24, 2.45) is 5.16 Å². The predicted molar refractivity (Wildman–Crippen MR) is 102 cm³/mol. The molecule has 0 bridgehead atoms. The number of rotatable bonds is 5. The zero-order valence-corrected chi connectivity index (χ0v) is 15.7. The van der Waals surface area contributed by atoms with E-state index in [2.05, 4.69) is 10.1 Å². The first-order chi connectivity index (χ1) is 12.0. The molecule has 4 nitrogen and oxygen atoms in total. The van der Waals surface area contributed by atoms with Gasteiger partial charge in [0, 0.05) is 28.0 Å². The van der Waals surface area contributed by atoms with Crippen molar-refractivity contribution in [2.75, 3.05) is 0 Å². The molecule has 0 aliphatic carbocycles. The quantitative estimate of drug-likeness (QED) is 0.380. The molecule has 0 fully saturated rings. The molecule has 0 saturated carbocycles. The van der Waals surface area contributed by atoms with E-state index in [0.717, 1.165) is 0 Å². The summed E-state index contributed by atoms with van der Waals surface area (Å²) in [6, 6.07) is 10.1. The van der Waals surface area contributed by atoms with E-state index >= 15 is 0 Å². The molecule has 2 aromatic carbocycles. The Hall–Kier alpha value is -1.72. The van der Waals surface area contributed by atoms with Gasteiger partial charge in [-0.1, -0.05) is 51.6 Å². The van der Waals surface area contributed by atoms with Crippen molar-refractivity contribution in [3.63, 3.8) is 0 Å². The number of oxime groups is 1. The van der Waals surface area contributed by atoms with Gasteiger partial charge in [-0.15, -0.1) is 0 Å². The summed E-state index contributed by atoms with van der Waals surface area (Å²) in [5, 5.41) is 6.12. The second kappa shape index (κ2) is 8.11. The zero-order chi connectivity index (χ0) is 17.8. The highest BCUT2D eigenvalue weighted by molar-refractivity contribution is 6.37. The average Bonchev–Trinajstić information content (AvgIpc) is 3.06. The van der Waals surface area contributed by atoms with Crippen LogP contribution in [0.5, 0.6) is 5.75 Å². The van der Waals surface area contributed by atoms with Crippen molar-refractivity contribution in [1.29, 1.82) is 0 Å². The SMILES string of the molecule is Clc1ccc(ON=C(Cn2ccnc2)c2ccc(Cl)cc2Cl)c(Cl)c1. The molecule has 0 amide bonds. The van der Waals surface area contributed by atoms with E-state index in [4.69, 9.17) is 51.2 Å². The van der Waals surface area contributed by atoms with Crippen LogP contribution in [-0.2, 0) is 6.54 Å². The molecule has 0 unspecified atom stereocenters. The van der Waals surface area contributed by atoms with E-state index in [1.165, 1.54) is 0 Å². The molecular formula is C17H11Cl4N3O. The highest BCUT2D eigenvalue weighted by atomic mass is 35.5. The van der Waals surface area contributed by atoms with Crippen LogP contribution in [0, 0.1) is 0 Å². The second-order valence-corrected chi connectivity index (χ2v) is 6.75. The maximum absolute atomic E-state index is 6.31.